The summed E-state index contributed by atoms with van der Waals surface area (Å²) in [5, 5.41) is 2.46. The molecule has 22 heavy (non-hydrogen) atoms. The van der Waals surface area contributed by atoms with Crippen LogP contribution in [0.15, 0.2) is 5.38 Å². The number of hydrogen-bond donors (Lipinski definition) is 2. The van der Waals surface area contributed by atoms with Crippen LogP contribution in [0.4, 0.5) is 0 Å². The number of nitrogens with zero attached hydrogens (tertiary/aromatic N) is 2. The number of morpholine rings is 1. The van der Waals surface area contributed by atoms with E-state index in [1.165, 1.54) is 11.3 Å². The first-order valence-electron chi connectivity index (χ1n) is 7.93. The molecule has 0 aromatic carbocycles. The smallest absolute Gasteiger partial charge is 0.212 e. The van der Waals surface area contributed by atoms with E-state index in [1.54, 1.807) is 0 Å². The summed E-state index contributed by atoms with van der Waals surface area (Å²) in [6.07, 6.45) is 3.48. The zero-order valence-electron chi connectivity index (χ0n) is 12.8. The second kappa shape index (κ2) is 6.72. The van der Waals surface area contributed by atoms with Crippen LogP contribution >= 0.6 is 11.3 Å². The van der Waals surface area contributed by atoms with Gasteiger partial charge in [-0.3, -0.25) is 9.69 Å². The Morgan fingerprint density at radius 2 is 2.23 bits per heavy atom. The maximum Gasteiger partial charge on any atom is 0.212 e. The van der Waals surface area contributed by atoms with Gasteiger partial charge in [-0.25, -0.2) is 4.98 Å². The van der Waals surface area contributed by atoms with Gasteiger partial charge in [-0.05, 0) is 12.8 Å². The highest BCUT2D eigenvalue weighted by molar-refractivity contribution is 7.11. The summed E-state index contributed by atoms with van der Waals surface area (Å²) in [6.45, 7) is 4.10. The maximum atomic E-state index is 12.7. The molecule has 4 N–H and O–H groups in total. The Bertz CT molecular complexity index is 529. The zero-order chi connectivity index (χ0) is 15.6. The van der Waals surface area contributed by atoms with Gasteiger partial charge in [0.1, 0.15) is 0 Å². The molecule has 6 nitrogen and oxygen atoms in total. The Morgan fingerprint density at radius 3 is 2.95 bits per heavy atom. The molecule has 1 saturated carbocycles. The van der Waals surface area contributed by atoms with Crippen molar-refractivity contribution in [3.8, 4) is 0 Å². The van der Waals surface area contributed by atoms with Crippen molar-refractivity contribution >= 4 is 17.1 Å². The van der Waals surface area contributed by atoms with Gasteiger partial charge in [0.2, 0.25) is 5.78 Å². The van der Waals surface area contributed by atoms with E-state index in [0.717, 1.165) is 57.8 Å². The van der Waals surface area contributed by atoms with Crippen LogP contribution in [0.1, 0.15) is 41.2 Å². The molecule has 2 aliphatic rings. The van der Waals surface area contributed by atoms with Crippen LogP contribution in [0.25, 0.3) is 0 Å². The molecule has 1 aromatic rings. The molecule has 2 fully saturated rings. The number of rotatable bonds is 4. The summed E-state index contributed by atoms with van der Waals surface area (Å²) in [7, 11) is 0. The first kappa shape index (κ1) is 16.0. The van der Waals surface area contributed by atoms with Gasteiger partial charge in [-0.2, -0.15) is 0 Å². The third-order valence-electron chi connectivity index (χ3n) is 4.68. The number of hydrogen-bond acceptors (Lipinski definition) is 7. The van der Waals surface area contributed by atoms with E-state index in [1.807, 2.05) is 5.38 Å². The molecule has 2 unspecified atom stereocenters. The highest BCUT2D eigenvalue weighted by Gasteiger charge is 2.43. The highest BCUT2D eigenvalue weighted by atomic mass is 32.1. The molecule has 1 aliphatic heterocycles. The molecule has 2 atom stereocenters. The van der Waals surface area contributed by atoms with Crippen molar-refractivity contribution < 1.29 is 9.53 Å². The van der Waals surface area contributed by atoms with Crippen LogP contribution in [0.3, 0.4) is 0 Å². The van der Waals surface area contributed by atoms with Gasteiger partial charge in [0.15, 0.2) is 5.01 Å². The molecule has 0 radical (unpaired) electrons. The molecule has 3 rings (SSSR count). The van der Waals surface area contributed by atoms with Crippen molar-refractivity contribution in [3.05, 3.63) is 16.1 Å². The largest absolute Gasteiger partial charge is 0.379 e. The minimum Gasteiger partial charge on any atom is -0.379 e. The minimum atomic E-state index is -0.938. The number of carbonyl (C=O) groups is 1. The summed E-state index contributed by atoms with van der Waals surface area (Å²) in [6, 6.07) is -0.264. The second-order valence-electron chi connectivity index (χ2n) is 6.25. The van der Waals surface area contributed by atoms with Crippen molar-refractivity contribution in [1.82, 2.24) is 9.88 Å². The average Bonchev–Trinajstić information content (AvgIpc) is 2.99. The van der Waals surface area contributed by atoms with Gasteiger partial charge in [0.25, 0.3) is 0 Å². The van der Waals surface area contributed by atoms with Gasteiger partial charge in [-0.1, -0.05) is 12.8 Å². The van der Waals surface area contributed by atoms with E-state index in [9.17, 15) is 4.79 Å². The van der Waals surface area contributed by atoms with Crippen molar-refractivity contribution in [2.45, 2.75) is 43.8 Å². The van der Waals surface area contributed by atoms with Crippen molar-refractivity contribution in [2.75, 3.05) is 26.3 Å². The number of ketones is 1. The number of thiazole rings is 1. The Hall–Kier alpha value is -0.860. The van der Waals surface area contributed by atoms with E-state index in [-0.39, 0.29) is 11.8 Å². The van der Waals surface area contributed by atoms with Crippen LogP contribution < -0.4 is 11.5 Å². The summed E-state index contributed by atoms with van der Waals surface area (Å²) in [5.41, 5.74) is 12.4. The van der Waals surface area contributed by atoms with Gasteiger partial charge in [-0.15, -0.1) is 11.3 Å². The third-order valence-corrected chi connectivity index (χ3v) is 5.57. The molecule has 0 amide bonds. The molecular formula is C15H24N4O2S. The van der Waals surface area contributed by atoms with E-state index >= 15 is 0 Å². The number of carbonyl (C=O) groups excluding carboxylic acids is 1. The standard InChI is InChI=1S/C15H24N4O2S/c16-12-3-1-2-4-15(12,17)13(20)14-18-11(10-22-14)9-19-5-7-21-8-6-19/h10,12H,1-9,16-17H2. The van der Waals surface area contributed by atoms with Crippen LogP contribution in [-0.4, -0.2) is 53.6 Å². The molecule has 0 bridgehead atoms. The lowest BCUT2D eigenvalue weighted by atomic mass is 9.76. The first-order valence-corrected chi connectivity index (χ1v) is 8.81. The van der Waals surface area contributed by atoms with Gasteiger partial charge in [0.05, 0.1) is 24.4 Å². The summed E-state index contributed by atoms with van der Waals surface area (Å²) < 4.78 is 5.34. The number of Topliss-reactive ketones (excluding diaryl/α,β-unsaturated/α-hetero) is 1. The summed E-state index contributed by atoms with van der Waals surface area (Å²) in [4.78, 5) is 19.5. The SMILES string of the molecule is NC1CCCCC1(N)C(=O)c1nc(CN2CCOCC2)cs1. The van der Waals surface area contributed by atoms with Crippen LogP contribution in [0, 0.1) is 0 Å². The monoisotopic (exact) mass is 324 g/mol. The van der Waals surface area contributed by atoms with E-state index in [2.05, 4.69) is 9.88 Å². The predicted molar refractivity (Wildman–Crippen MR) is 85.9 cm³/mol. The molecule has 122 valence electrons. The fourth-order valence-electron chi connectivity index (χ4n) is 3.18. The van der Waals surface area contributed by atoms with Crippen molar-refractivity contribution in [2.24, 2.45) is 11.5 Å². The van der Waals surface area contributed by atoms with Crippen LogP contribution in [0.2, 0.25) is 0 Å². The fourth-order valence-corrected chi connectivity index (χ4v) is 4.02. The van der Waals surface area contributed by atoms with Gasteiger partial charge >= 0.3 is 0 Å². The average molecular weight is 324 g/mol. The lowest BCUT2D eigenvalue weighted by Gasteiger charge is -2.36. The number of ether oxygens (including phenoxy) is 1. The Balaban J connectivity index is 1.68. The predicted octanol–water partition coefficient (Wildman–Crippen LogP) is 0.757. The quantitative estimate of drug-likeness (QED) is 0.794. The Kier molecular flexibility index (Phi) is 4.89. The van der Waals surface area contributed by atoms with Crippen molar-refractivity contribution in [1.29, 1.82) is 0 Å². The van der Waals surface area contributed by atoms with Gasteiger partial charge < -0.3 is 16.2 Å². The number of nitrogens with two attached hydrogens (primary N) is 2. The Morgan fingerprint density at radius 1 is 1.45 bits per heavy atom. The van der Waals surface area contributed by atoms with E-state index in [0.29, 0.717) is 11.4 Å². The third kappa shape index (κ3) is 3.23. The van der Waals surface area contributed by atoms with E-state index in [4.69, 9.17) is 16.2 Å². The van der Waals surface area contributed by atoms with E-state index < -0.39 is 5.54 Å². The van der Waals surface area contributed by atoms with Gasteiger partial charge in [0, 0.05) is 31.1 Å². The first-order chi connectivity index (χ1) is 10.6. The lowest BCUT2D eigenvalue weighted by molar-refractivity contribution is 0.0337. The normalized spacial score (nSPS) is 30.4. The molecule has 1 aliphatic carbocycles. The van der Waals surface area contributed by atoms with Crippen molar-refractivity contribution in [3.63, 3.8) is 0 Å². The topological polar surface area (TPSA) is 94.5 Å². The molecule has 2 heterocycles. The highest BCUT2D eigenvalue weighted by Crippen LogP contribution is 2.29. The van der Waals surface area contributed by atoms with Crippen LogP contribution in [-0.2, 0) is 11.3 Å². The number of aromatic nitrogens is 1. The molecular weight excluding hydrogens is 300 g/mol. The maximum absolute atomic E-state index is 12.7. The van der Waals surface area contributed by atoms with Crippen LogP contribution in [0.5, 0.6) is 0 Å². The molecule has 1 saturated heterocycles. The molecule has 1 aromatic heterocycles. The summed E-state index contributed by atoms with van der Waals surface area (Å²) >= 11 is 1.39. The lowest BCUT2D eigenvalue weighted by Crippen LogP contribution is -2.62. The Labute approximate surface area is 134 Å². The summed E-state index contributed by atoms with van der Waals surface area (Å²) in [5.74, 6) is -0.0853. The fraction of sp³-hybridized carbons (Fsp3) is 0.733. The zero-order valence-corrected chi connectivity index (χ0v) is 13.6. The molecule has 7 heteroatoms. The second-order valence-corrected chi connectivity index (χ2v) is 7.11. The minimum absolute atomic E-state index is 0.0853. The molecule has 0 spiro atoms.